The molecule has 2 amide bonds. The summed E-state index contributed by atoms with van der Waals surface area (Å²) < 4.78 is 10.9. The van der Waals surface area contributed by atoms with Gasteiger partial charge in [-0.25, -0.2) is 0 Å². The quantitative estimate of drug-likeness (QED) is 0.618. The van der Waals surface area contributed by atoms with Gasteiger partial charge >= 0.3 is 0 Å². The number of benzene rings is 1. The molecule has 1 aromatic rings. The fourth-order valence-electron chi connectivity index (χ4n) is 2.74. The van der Waals surface area contributed by atoms with Gasteiger partial charge in [0.25, 0.3) is 5.91 Å². The van der Waals surface area contributed by atoms with Crippen molar-refractivity contribution in [2.24, 2.45) is 5.73 Å². The van der Waals surface area contributed by atoms with Gasteiger partial charge in [-0.3, -0.25) is 9.59 Å². The number of unbranched alkanes of at least 4 members (excludes halogenated alkanes) is 3. The third-order valence-corrected chi connectivity index (χ3v) is 4.23. The molecular formula is C19H29N3O4. The lowest BCUT2D eigenvalue weighted by Gasteiger charge is -2.26. The molecule has 144 valence electrons. The monoisotopic (exact) mass is 363 g/mol. The smallest absolute Gasteiger partial charge is 0.260 e. The lowest BCUT2D eigenvalue weighted by atomic mass is 10.1. The van der Waals surface area contributed by atoms with Crippen LogP contribution in [0.1, 0.15) is 32.1 Å². The predicted molar refractivity (Wildman–Crippen MR) is 100 cm³/mol. The molecule has 0 aromatic heterocycles. The molecule has 1 aliphatic heterocycles. The van der Waals surface area contributed by atoms with E-state index in [2.05, 4.69) is 5.32 Å². The Bertz CT molecular complexity index is 574. The van der Waals surface area contributed by atoms with Gasteiger partial charge in [0.1, 0.15) is 5.75 Å². The van der Waals surface area contributed by atoms with Crippen molar-refractivity contribution in [3.63, 3.8) is 0 Å². The predicted octanol–water partition coefficient (Wildman–Crippen LogP) is 1.77. The summed E-state index contributed by atoms with van der Waals surface area (Å²) in [6, 6.07) is 7.18. The summed E-state index contributed by atoms with van der Waals surface area (Å²) in [5, 5.41) is 2.87. The third-order valence-electron chi connectivity index (χ3n) is 4.23. The van der Waals surface area contributed by atoms with Crippen LogP contribution in [0.15, 0.2) is 24.3 Å². The number of nitrogens with two attached hydrogens (primary N) is 1. The van der Waals surface area contributed by atoms with E-state index in [-0.39, 0.29) is 18.4 Å². The van der Waals surface area contributed by atoms with E-state index in [0.717, 1.165) is 25.7 Å². The van der Waals surface area contributed by atoms with E-state index in [4.69, 9.17) is 15.2 Å². The summed E-state index contributed by atoms with van der Waals surface area (Å²) in [6.45, 7) is 2.94. The first-order valence-corrected chi connectivity index (χ1v) is 9.28. The van der Waals surface area contributed by atoms with Crippen LogP contribution in [-0.2, 0) is 14.3 Å². The second-order valence-electron chi connectivity index (χ2n) is 6.28. The molecule has 0 saturated carbocycles. The van der Waals surface area contributed by atoms with Crippen LogP contribution in [-0.4, -0.2) is 56.2 Å². The van der Waals surface area contributed by atoms with Gasteiger partial charge in [-0.15, -0.1) is 0 Å². The Hall–Kier alpha value is -2.12. The molecule has 3 N–H and O–H groups in total. The molecule has 7 heteroatoms. The van der Waals surface area contributed by atoms with Gasteiger partial charge in [0.15, 0.2) is 6.61 Å². The summed E-state index contributed by atoms with van der Waals surface area (Å²) in [7, 11) is 0. The second kappa shape index (κ2) is 11.5. The van der Waals surface area contributed by atoms with Crippen LogP contribution in [0.3, 0.4) is 0 Å². The van der Waals surface area contributed by atoms with E-state index >= 15 is 0 Å². The fraction of sp³-hybridized carbons (Fsp3) is 0.579. The van der Waals surface area contributed by atoms with E-state index in [1.807, 2.05) is 12.1 Å². The Morgan fingerprint density at radius 1 is 1.12 bits per heavy atom. The van der Waals surface area contributed by atoms with Gasteiger partial charge < -0.3 is 25.4 Å². The molecule has 0 bridgehead atoms. The van der Waals surface area contributed by atoms with Crippen LogP contribution >= 0.6 is 0 Å². The summed E-state index contributed by atoms with van der Waals surface area (Å²) in [5.74, 6) is 0.383. The zero-order valence-corrected chi connectivity index (χ0v) is 15.2. The standard InChI is InChI=1S/C19H29N3O4/c20-10-6-2-1-3-9-18(23)21-16-7-4-5-8-17(16)26-15-19(24)22-11-13-25-14-12-22/h4-5,7-8H,1-3,6,9-15,20H2,(H,21,23). The van der Waals surface area contributed by atoms with Crippen LogP contribution in [0.5, 0.6) is 5.75 Å². The number of carbonyl (C=O) groups is 2. The lowest BCUT2D eigenvalue weighted by Crippen LogP contribution is -2.43. The highest BCUT2D eigenvalue weighted by Gasteiger charge is 2.18. The van der Waals surface area contributed by atoms with E-state index in [0.29, 0.717) is 50.7 Å². The minimum Gasteiger partial charge on any atom is -0.482 e. The lowest BCUT2D eigenvalue weighted by molar-refractivity contribution is -0.137. The van der Waals surface area contributed by atoms with Crippen LogP contribution in [0.2, 0.25) is 0 Å². The van der Waals surface area contributed by atoms with Crippen molar-refractivity contribution in [1.82, 2.24) is 4.90 Å². The van der Waals surface area contributed by atoms with Crippen molar-refractivity contribution in [3.05, 3.63) is 24.3 Å². The molecule has 0 radical (unpaired) electrons. The molecule has 0 aliphatic carbocycles. The number of nitrogens with zero attached hydrogens (tertiary/aromatic N) is 1. The molecule has 1 aliphatic rings. The van der Waals surface area contributed by atoms with Crippen LogP contribution in [0.25, 0.3) is 0 Å². The molecule has 1 aromatic carbocycles. The van der Waals surface area contributed by atoms with Crippen molar-refractivity contribution >= 4 is 17.5 Å². The summed E-state index contributed by atoms with van der Waals surface area (Å²) in [6.07, 6.45) is 4.34. The highest BCUT2D eigenvalue weighted by atomic mass is 16.5. The van der Waals surface area contributed by atoms with Crippen LogP contribution < -0.4 is 15.8 Å². The Kier molecular flexibility index (Phi) is 8.92. The zero-order valence-electron chi connectivity index (χ0n) is 15.2. The number of anilines is 1. The summed E-state index contributed by atoms with van der Waals surface area (Å²) in [5.41, 5.74) is 6.05. The molecule has 2 rings (SSSR count). The first-order chi connectivity index (χ1) is 12.7. The maximum absolute atomic E-state index is 12.2. The van der Waals surface area contributed by atoms with Gasteiger partial charge in [-0.05, 0) is 31.5 Å². The van der Waals surface area contributed by atoms with E-state index < -0.39 is 0 Å². The minimum absolute atomic E-state index is 0.0479. The van der Waals surface area contributed by atoms with Gasteiger partial charge in [0, 0.05) is 19.5 Å². The Labute approximate surface area is 154 Å². The topological polar surface area (TPSA) is 93.9 Å². The van der Waals surface area contributed by atoms with Gasteiger partial charge in [-0.1, -0.05) is 25.0 Å². The number of hydrogen-bond donors (Lipinski definition) is 2. The Morgan fingerprint density at radius 3 is 2.62 bits per heavy atom. The van der Waals surface area contributed by atoms with Crippen molar-refractivity contribution in [2.75, 3.05) is 44.8 Å². The molecule has 0 spiro atoms. The fourth-order valence-corrected chi connectivity index (χ4v) is 2.74. The number of para-hydroxylation sites is 2. The first-order valence-electron chi connectivity index (χ1n) is 9.28. The Balaban J connectivity index is 1.79. The first kappa shape index (κ1) is 20.2. The van der Waals surface area contributed by atoms with E-state index in [9.17, 15) is 9.59 Å². The normalized spacial score (nSPS) is 14.1. The second-order valence-corrected chi connectivity index (χ2v) is 6.28. The molecule has 1 heterocycles. The van der Waals surface area contributed by atoms with Gasteiger partial charge in [-0.2, -0.15) is 0 Å². The largest absolute Gasteiger partial charge is 0.482 e. The average molecular weight is 363 g/mol. The average Bonchev–Trinajstić information content (AvgIpc) is 2.67. The SMILES string of the molecule is NCCCCCCC(=O)Nc1ccccc1OCC(=O)N1CCOCC1. The van der Waals surface area contributed by atoms with Crippen molar-refractivity contribution in [3.8, 4) is 5.75 Å². The van der Waals surface area contributed by atoms with E-state index in [1.54, 1.807) is 17.0 Å². The molecule has 1 fully saturated rings. The number of ether oxygens (including phenoxy) is 2. The van der Waals surface area contributed by atoms with Crippen molar-refractivity contribution < 1.29 is 19.1 Å². The number of nitrogens with one attached hydrogen (secondary N) is 1. The molecule has 0 atom stereocenters. The van der Waals surface area contributed by atoms with Gasteiger partial charge in [0.05, 0.1) is 18.9 Å². The van der Waals surface area contributed by atoms with E-state index in [1.165, 1.54) is 0 Å². The number of hydrogen-bond acceptors (Lipinski definition) is 5. The maximum atomic E-state index is 12.2. The summed E-state index contributed by atoms with van der Waals surface area (Å²) in [4.78, 5) is 26.0. The minimum atomic E-state index is -0.0747. The van der Waals surface area contributed by atoms with Crippen molar-refractivity contribution in [1.29, 1.82) is 0 Å². The maximum Gasteiger partial charge on any atom is 0.260 e. The highest BCUT2D eigenvalue weighted by molar-refractivity contribution is 5.92. The van der Waals surface area contributed by atoms with Crippen LogP contribution in [0.4, 0.5) is 5.69 Å². The van der Waals surface area contributed by atoms with Crippen LogP contribution in [0, 0.1) is 0 Å². The molecule has 7 nitrogen and oxygen atoms in total. The third kappa shape index (κ3) is 7.01. The molecule has 0 unspecified atom stereocenters. The molecule has 26 heavy (non-hydrogen) atoms. The number of carbonyl (C=O) groups excluding carboxylic acids is 2. The van der Waals surface area contributed by atoms with Crippen molar-refractivity contribution in [2.45, 2.75) is 32.1 Å². The molecule has 1 saturated heterocycles. The highest BCUT2D eigenvalue weighted by Crippen LogP contribution is 2.24. The van der Waals surface area contributed by atoms with Gasteiger partial charge in [0.2, 0.25) is 5.91 Å². The number of morpholine rings is 1. The Morgan fingerprint density at radius 2 is 1.85 bits per heavy atom. The zero-order chi connectivity index (χ0) is 18.6. The summed E-state index contributed by atoms with van der Waals surface area (Å²) >= 11 is 0. The number of rotatable bonds is 10. The molecular weight excluding hydrogens is 334 g/mol. The number of amides is 2.